The number of aromatic nitrogens is 1. The fourth-order valence-electron chi connectivity index (χ4n) is 1.48. The number of rotatable bonds is 4. The second kappa shape index (κ2) is 5.44. The molecule has 10 heteroatoms. The summed E-state index contributed by atoms with van der Waals surface area (Å²) in [5, 5.41) is 4.86. The van der Waals surface area contributed by atoms with Crippen molar-refractivity contribution in [3.05, 3.63) is 18.0 Å². The molecule has 0 unspecified atom stereocenters. The molecule has 0 spiro atoms. The van der Waals surface area contributed by atoms with Gasteiger partial charge in [-0.05, 0) is 13.0 Å². The number of sulfonamides is 1. The molecule has 20 heavy (non-hydrogen) atoms. The molecule has 0 bridgehead atoms. The van der Waals surface area contributed by atoms with Crippen LogP contribution in [0.2, 0.25) is 0 Å². The summed E-state index contributed by atoms with van der Waals surface area (Å²) < 4.78 is 60.2. The fraction of sp³-hybridized carbons (Fsp3) is 0.500. The van der Waals surface area contributed by atoms with Gasteiger partial charge >= 0.3 is 6.18 Å². The number of primary sulfonamides is 1. The summed E-state index contributed by atoms with van der Waals surface area (Å²) in [4.78, 5) is 12.6. The van der Waals surface area contributed by atoms with Gasteiger partial charge in [0.05, 0.1) is 0 Å². The number of carbonyl (C=O) groups excluding carboxylic acids is 1. The van der Waals surface area contributed by atoms with Crippen molar-refractivity contribution in [2.75, 3.05) is 13.6 Å². The number of amides is 1. The maximum Gasteiger partial charge on any atom is 0.406 e. The van der Waals surface area contributed by atoms with Gasteiger partial charge in [-0.3, -0.25) is 4.79 Å². The number of hydrogen-bond donors (Lipinski definition) is 1. The lowest BCUT2D eigenvalue weighted by molar-refractivity contribution is -0.140. The Morgan fingerprint density at radius 2 is 2.00 bits per heavy atom. The maximum absolute atomic E-state index is 12.4. The minimum Gasteiger partial charge on any atom is -0.341 e. The monoisotopic (exact) mass is 313 g/mol. The van der Waals surface area contributed by atoms with Crippen LogP contribution in [0.4, 0.5) is 13.2 Å². The van der Waals surface area contributed by atoms with E-state index in [-0.39, 0.29) is 12.2 Å². The third-order valence-electron chi connectivity index (χ3n) is 2.59. The standard InChI is InChI=1S/C10H14F3N3O3S/c1-3-15(2)9(17)8-4-7(20(14,18)19)5-16(8)6-10(11,12)13/h4-5H,3,6H2,1-2H3,(H2,14,18,19). The molecule has 1 heterocycles. The number of nitrogens with zero attached hydrogens (tertiary/aromatic N) is 2. The molecule has 0 aliphatic carbocycles. The molecule has 0 fully saturated rings. The Morgan fingerprint density at radius 1 is 1.45 bits per heavy atom. The summed E-state index contributed by atoms with van der Waals surface area (Å²) in [6, 6.07) is 0.843. The molecule has 0 saturated carbocycles. The van der Waals surface area contributed by atoms with Crippen LogP contribution < -0.4 is 5.14 Å². The number of halogens is 3. The van der Waals surface area contributed by atoms with E-state index in [0.717, 1.165) is 11.0 Å². The van der Waals surface area contributed by atoms with Crippen LogP contribution in [0.5, 0.6) is 0 Å². The molecule has 1 rings (SSSR count). The molecule has 114 valence electrons. The Bertz CT molecular complexity index is 607. The molecule has 1 aromatic heterocycles. The Balaban J connectivity index is 3.33. The van der Waals surface area contributed by atoms with Crippen molar-refractivity contribution in [1.29, 1.82) is 0 Å². The molecule has 0 atom stereocenters. The zero-order valence-electron chi connectivity index (χ0n) is 10.8. The van der Waals surface area contributed by atoms with Crippen molar-refractivity contribution in [2.45, 2.75) is 24.5 Å². The first-order valence-corrected chi connectivity index (χ1v) is 7.05. The molecule has 0 saturated heterocycles. The van der Waals surface area contributed by atoms with E-state index >= 15 is 0 Å². The predicted molar refractivity (Wildman–Crippen MR) is 64.5 cm³/mol. The van der Waals surface area contributed by atoms with Gasteiger partial charge in [-0.2, -0.15) is 13.2 Å². The van der Waals surface area contributed by atoms with E-state index in [4.69, 9.17) is 5.14 Å². The molecule has 1 aromatic rings. The molecule has 2 N–H and O–H groups in total. The van der Waals surface area contributed by atoms with E-state index in [1.54, 1.807) is 6.92 Å². The Kier molecular flexibility index (Phi) is 4.49. The summed E-state index contributed by atoms with van der Waals surface area (Å²) in [6.07, 6.45) is -3.88. The topological polar surface area (TPSA) is 85.4 Å². The Hall–Kier alpha value is -1.55. The first-order valence-electron chi connectivity index (χ1n) is 5.51. The van der Waals surface area contributed by atoms with Crippen molar-refractivity contribution in [3.63, 3.8) is 0 Å². The zero-order valence-corrected chi connectivity index (χ0v) is 11.6. The van der Waals surface area contributed by atoms with Crippen LogP contribution in [0.3, 0.4) is 0 Å². The SMILES string of the molecule is CCN(C)C(=O)c1cc(S(N)(=O)=O)cn1CC(F)(F)F. The molecule has 0 radical (unpaired) electrons. The first kappa shape index (κ1) is 16.5. The van der Waals surface area contributed by atoms with Gasteiger partial charge in [0.2, 0.25) is 10.0 Å². The minimum atomic E-state index is -4.59. The van der Waals surface area contributed by atoms with Crippen LogP contribution in [-0.2, 0) is 16.6 Å². The first-order chi connectivity index (χ1) is 8.95. The van der Waals surface area contributed by atoms with Gasteiger partial charge in [-0.25, -0.2) is 13.6 Å². The molecule has 0 aromatic carbocycles. The molecule has 0 aliphatic heterocycles. The second-order valence-electron chi connectivity index (χ2n) is 4.17. The largest absolute Gasteiger partial charge is 0.406 e. The van der Waals surface area contributed by atoms with Crippen molar-refractivity contribution in [2.24, 2.45) is 5.14 Å². The van der Waals surface area contributed by atoms with E-state index in [1.165, 1.54) is 7.05 Å². The molecular formula is C10H14F3N3O3S. The van der Waals surface area contributed by atoms with Gasteiger partial charge in [-0.1, -0.05) is 0 Å². The van der Waals surface area contributed by atoms with E-state index in [9.17, 15) is 26.4 Å². The summed E-state index contributed by atoms with van der Waals surface area (Å²) in [7, 11) is -2.79. The van der Waals surface area contributed by atoms with Crippen LogP contribution in [-0.4, -0.2) is 43.6 Å². The number of alkyl halides is 3. The van der Waals surface area contributed by atoms with Crippen molar-refractivity contribution < 1.29 is 26.4 Å². The van der Waals surface area contributed by atoms with Gasteiger partial charge in [-0.15, -0.1) is 0 Å². The minimum absolute atomic E-state index is 0.265. The average molecular weight is 313 g/mol. The van der Waals surface area contributed by atoms with Crippen molar-refractivity contribution >= 4 is 15.9 Å². The van der Waals surface area contributed by atoms with Gasteiger partial charge < -0.3 is 9.47 Å². The maximum atomic E-state index is 12.4. The third-order valence-corrected chi connectivity index (χ3v) is 3.47. The van der Waals surface area contributed by atoms with Crippen LogP contribution in [0.15, 0.2) is 17.2 Å². The number of nitrogens with two attached hydrogens (primary N) is 1. The number of hydrogen-bond acceptors (Lipinski definition) is 3. The highest BCUT2D eigenvalue weighted by atomic mass is 32.2. The second-order valence-corrected chi connectivity index (χ2v) is 5.73. The smallest absolute Gasteiger partial charge is 0.341 e. The lowest BCUT2D eigenvalue weighted by Gasteiger charge is -2.16. The summed E-state index contributed by atoms with van der Waals surface area (Å²) in [5.74, 6) is -0.716. The predicted octanol–water partition coefficient (Wildman–Crippen LogP) is 0.790. The van der Waals surface area contributed by atoms with Gasteiger partial charge in [0.25, 0.3) is 5.91 Å². The Labute approximate surface area is 114 Å². The van der Waals surface area contributed by atoms with Crippen LogP contribution in [0.1, 0.15) is 17.4 Å². The van der Waals surface area contributed by atoms with E-state index < -0.39 is 33.5 Å². The van der Waals surface area contributed by atoms with Gasteiger partial charge in [0.1, 0.15) is 17.1 Å². The molecule has 0 aliphatic rings. The average Bonchev–Trinajstić information content (AvgIpc) is 2.68. The molecule has 6 nitrogen and oxygen atoms in total. The van der Waals surface area contributed by atoms with Gasteiger partial charge in [0.15, 0.2) is 0 Å². The normalized spacial score (nSPS) is 12.5. The molecular weight excluding hydrogens is 299 g/mol. The Morgan fingerprint density at radius 3 is 2.40 bits per heavy atom. The lowest BCUT2D eigenvalue weighted by atomic mass is 10.3. The van der Waals surface area contributed by atoms with Crippen LogP contribution >= 0.6 is 0 Å². The molecule has 1 amide bonds. The summed E-state index contributed by atoms with van der Waals surface area (Å²) >= 11 is 0. The van der Waals surface area contributed by atoms with E-state index in [2.05, 4.69) is 0 Å². The summed E-state index contributed by atoms with van der Waals surface area (Å²) in [6.45, 7) is 0.428. The highest BCUT2D eigenvalue weighted by Gasteiger charge is 2.31. The zero-order chi connectivity index (χ0) is 15.7. The van der Waals surface area contributed by atoms with Crippen LogP contribution in [0, 0.1) is 0 Å². The van der Waals surface area contributed by atoms with Crippen molar-refractivity contribution in [1.82, 2.24) is 9.47 Å². The quantitative estimate of drug-likeness (QED) is 0.891. The van der Waals surface area contributed by atoms with Crippen LogP contribution in [0.25, 0.3) is 0 Å². The summed E-state index contributed by atoms with van der Waals surface area (Å²) in [5.41, 5.74) is -0.379. The fourth-order valence-corrected chi connectivity index (χ4v) is 2.03. The lowest BCUT2D eigenvalue weighted by Crippen LogP contribution is -2.30. The van der Waals surface area contributed by atoms with Gasteiger partial charge in [0, 0.05) is 19.8 Å². The third kappa shape index (κ3) is 3.97. The highest BCUT2D eigenvalue weighted by Crippen LogP contribution is 2.22. The highest BCUT2D eigenvalue weighted by molar-refractivity contribution is 7.89. The van der Waals surface area contributed by atoms with E-state index in [0.29, 0.717) is 10.8 Å². The van der Waals surface area contributed by atoms with E-state index in [1.807, 2.05) is 0 Å². The van der Waals surface area contributed by atoms with Crippen molar-refractivity contribution in [3.8, 4) is 0 Å². The number of carbonyl (C=O) groups is 1.